The average Bonchev–Trinajstić information content (AvgIpc) is 2.40. The lowest BCUT2D eigenvalue weighted by atomic mass is 10.0. The summed E-state index contributed by atoms with van der Waals surface area (Å²) in [5, 5.41) is 0. The van der Waals surface area contributed by atoms with Crippen LogP contribution in [0.25, 0.3) is 11.3 Å². The summed E-state index contributed by atoms with van der Waals surface area (Å²) in [5.74, 6) is 0.0672. The van der Waals surface area contributed by atoms with Crippen LogP contribution in [0.3, 0.4) is 0 Å². The molecule has 1 N–H and O–H groups in total. The predicted octanol–water partition coefficient (Wildman–Crippen LogP) is 2.63. The number of hydrogen-bond donors (Lipinski definition) is 1. The molecule has 1 aromatic carbocycles. The molecule has 116 valence electrons. The summed E-state index contributed by atoms with van der Waals surface area (Å²) in [7, 11) is 0. The van der Waals surface area contributed by atoms with Crippen molar-refractivity contribution in [3.63, 3.8) is 0 Å². The lowest BCUT2D eigenvalue weighted by molar-refractivity contribution is -0.153. The topological polar surface area (TPSA) is 72.0 Å². The van der Waals surface area contributed by atoms with E-state index in [0.717, 1.165) is 5.56 Å². The molecule has 0 fully saturated rings. The van der Waals surface area contributed by atoms with Gasteiger partial charge in [0.1, 0.15) is 11.4 Å². The Morgan fingerprint density at radius 2 is 1.86 bits per heavy atom. The van der Waals surface area contributed by atoms with E-state index in [1.54, 1.807) is 27.7 Å². The quantitative estimate of drug-likeness (QED) is 0.884. The molecule has 1 aromatic heterocycles. The number of carbonyl (C=O) groups excluding carboxylic acids is 1. The van der Waals surface area contributed by atoms with Crippen LogP contribution in [0.5, 0.6) is 0 Å². The van der Waals surface area contributed by atoms with E-state index in [4.69, 9.17) is 4.74 Å². The normalized spacial score (nSPS) is 11.3. The number of aromatic amines is 1. The standard InChI is InChI=1S/C17H20N2O3/c1-11-18-15(12-8-6-5-7-9-12)13(16(21)19-11)10-14(20)22-17(2,3)4/h5-9H,10H2,1-4H3,(H,18,19,21). The summed E-state index contributed by atoms with van der Waals surface area (Å²) in [6.45, 7) is 7.09. The van der Waals surface area contributed by atoms with E-state index in [2.05, 4.69) is 9.97 Å². The van der Waals surface area contributed by atoms with Gasteiger partial charge in [-0.2, -0.15) is 0 Å². The van der Waals surface area contributed by atoms with Gasteiger partial charge in [0.2, 0.25) is 0 Å². The van der Waals surface area contributed by atoms with Gasteiger partial charge in [0.05, 0.1) is 17.7 Å². The fourth-order valence-corrected chi connectivity index (χ4v) is 2.13. The Labute approximate surface area is 129 Å². The molecule has 0 radical (unpaired) electrons. The molecule has 0 aliphatic heterocycles. The van der Waals surface area contributed by atoms with Gasteiger partial charge in [-0.25, -0.2) is 4.98 Å². The second-order valence-electron chi connectivity index (χ2n) is 6.11. The number of nitrogens with one attached hydrogen (secondary N) is 1. The van der Waals surface area contributed by atoms with E-state index in [0.29, 0.717) is 17.1 Å². The average molecular weight is 300 g/mol. The molecule has 5 heteroatoms. The van der Waals surface area contributed by atoms with Crippen molar-refractivity contribution < 1.29 is 9.53 Å². The zero-order valence-electron chi connectivity index (χ0n) is 13.3. The summed E-state index contributed by atoms with van der Waals surface area (Å²) < 4.78 is 5.30. The van der Waals surface area contributed by atoms with Gasteiger partial charge in [-0.05, 0) is 27.7 Å². The van der Waals surface area contributed by atoms with Crippen molar-refractivity contribution in [1.82, 2.24) is 9.97 Å². The van der Waals surface area contributed by atoms with Crippen LogP contribution < -0.4 is 5.56 Å². The summed E-state index contributed by atoms with van der Waals surface area (Å²) >= 11 is 0. The van der Waals surface area contributed by atoms with E-state index >= 15 is 0 Å². The third-order valence-electron chi connectivity index (χ3n) is 2.92. The third-order valence-corrected chi connectivity index (χ3v) is 2.92. The summed E-state index contributed by atoms with van der Waals surface area (Å²) in [4.78, 5) is 31.3. The van der Waals surface area contributed by atoms with Gasteiger partial charge >= 0.3 is 5.97 Å². The van der Waals surface area contributed by atoms with Crippen molar-refractivity contribution in [1.29, 1.82) is 0 Å². The van der Waals surface area contributed by atoms with Crippen molar-refractivity contribution in [3.05, 3.63) is 52.1 Å². The molecular formula is C17H20N2O3. The number of hydrogen-bond acceptors (Lipinski definition) is 4. The van der Waals surface area contributed by atoms with Gasteiger partial charge in [0.15, 0.2) is 0 Å². The van der Waals surface area contributed by atoms with Crippen LogP contribution in [0.4, 0.5) is 0 Å². The zero-order chi connectivity index (χ0) is 16.3. The van der Waals surface area contributed by atoms with Gasteiger partial charge in [-0.15, -0.1) is 0 Å². The van der Waals surface area contributed by atoms with Crippen LogP contribution in [-0.4, -0.2) is 21.5 Å². The maximum atomic E-state index is 12.2. The minimum atomic E-state index is -0.588. The van der Waals surface area contributed by atoms with Crippen LogP contribution in [0, 0.1) is 6.92 Å². The number of nitrogens with zero attached hydrogens (tertiary/aromatic N) is 1. The molecule has 0 bridgehead atoms. The van der Waals surface area contributed by atoms with Gasteiger partial charge < -0.3 is 9.72 Å². The minimum absolute atomic E-state index is 0.107. The largest absolute Gasteiger partial charge is 0.460 e. The molecule has 0 amide bonds. The smallest absolute Gasteiger partial charge is 0.311 e. The lowest BCUT2D eigenvalue weighted by Crippen LogP contribution is -2.27. The Morgan fingerprint density at radius 1 is 1.23 bits per heavy atom. The maximum absolute atomic E-state index is 12.2. The van der Waals surface area contributed by atoms with Crippen molar-refractivity contribution in [2.24, 2.45) is 0 Å². The molecule has 22 heavy (non-hydrogen) atoms. The first-order valence-corrected chi connectivity index (χ1v) is 7.13. The summed E-state index contributed by atoms with van der Waals surface area (Å²) in [6, 6.07) is 9.34. The van der Waals surface area contributed by atoms with Crippen LogP contribution in [-0.2, 0) is 16.0 Å². The number of aromatic nitrogens is 2. The lowest BCUT2D eigenvalue weighted by Gasteiger charge is -2.19. The molecule has 0 aliphatic rings. The van der Waals surface area contributed by atoms with Crippen molar-refractivity contribution >= 4 is 5.97 Å². The number of carbonyl (C=O) groups is 1. The number of esters is 1. The monoisotopic (exact) mass is 300 g/mol. The molecule has 2 aromatic rings. The van der Waals surface area contributed by atoms with Crippen molar-refractivity contribution in [2.45, 2.75) is 39.7 Å². The van der Waals surface area contributed by atoms with E-state index in [-0.39, 0.29) is 12.0 Å². The first-order chi connectivity index (χ1) is 10.3. The molecule has 1 heterocycles. The second-order valence-corrected chi connectivity index (χ2v) is 6.11. The van der Waals surface area contributed by atoms with Gasteiger partial charge in [0, 0.05) is 5.56 Å². The molecule has 0 unspecified atom stereocenters. The molecule has 0 spiro atoms. The highest BCUT2D eigenvalue weighted by atomic mass is 16.6. The molecule has 0 saturated carbocycles. The van der Waals surface area contributed by atoms with E-state index < -0.39 is 11.6 Å². The van der Waals surface area contributed by atoms with Crippen LogP contribution in [0.15, 0.2) is 35.1 Å². The summed E-state index contributed by atoms with van der Waals surface area (Å²) in [5.41, 5.74) is 0.751. The highest BCUT2D eigenvalue weighted by Crippen LogP contribution is 2.20. The van der Waals surface area contributed by atoms with Crippen LogP contribution >= 0.6 is 0 Å². The number of ether oxygens (including phenoxy) is 1. The number of benzene rings is 1. The van der Waals surface area contributed by atoms with Crippen LogP contribution in [0.1, 0.15) is 32.2 Å². The Hall–Kier alpha value is -2.43. The van der Waals surface area contributed by atoms with Crippen molar-refractivity contribution in [3.8, 4) is 11.3 Å². The fraction of sp³-hybridized carbons (Fsp3) is 0.353. The predicted molar refractivity (Wildman–Crippen MR) is 84.6 cm³/mol. The fourth-order valence-electron chi connectivity index (χ4n) is 2.13. The van der Waals surface area contributed by atoms with E-state index in [1.165, 1.54) is 0 Å². The SMILES string of the molecule is Cc1nc(-c2ccccc2)c(CC(=O)OC(C)(C)C)c(=O)[nH]1. The Bertz CT molecular complexity index is 728. The molecule has 0 aliphatic carbocycles. The van der Waals surface area contributed by atoms with Gasteiger partial charge in [0.25, 0.3) is 5.56 Å². The minimum Gasteiger partial charge on any atom is -0.460 e. The first-order valence-electron chi connectivity index (χ1n) is 7.13. The highest BCUT2D eigenvalue weighted by molar-refractivity contribution is 5.76. The second kappa shape index (κ2) is 6.13. The van der Waals surface area contributed by atoms with E-state index in [9.17, 15) is 9.59 Å². The Kier molecular flexibility index (Phi) is 4.45. The number of H-pyrrole nitrogens is 1. The third kappa shape index (κ3) is 4.04. The molecule has 2 rings (SSSR count). The molecular weight excluding hydrogens is 280 g/mol. The number of rotatable bonds is 3. The highest BCUT2D eigenvalue weighted by Gasteiger charge is 2.21. The summed E-state index contributed by atoms with van der Waals surface area (Å²) in [6.07, 6.45) is -0.107. The molecule has 5 nitrogen and oxygen atoms in total. The first kappa shape index (κ1) is 15.9. The molecule has 0 saturated heterocycles. The molecule has 0 atom stereocenters. The van der Waals surface area contributed by atoms with E-state index in [1.807, 2.05) is 30.3 Å². The maximum Gasteiger partial charge on any atom is 0.311 e. The van der Waals surface area contributed by atoms with Gasteiger partial charge in [-0.3, -0.25) is 9.59 Å². The Morgan fingerprint density at radius 3 is 2.45 bits per heavy atom. The van der Waals surface area contributed by atoms with Gasteiger partial charge in [-0.1, -0.05) is 30.3 Å². The van der Waals surface area contributed by atoms with Crippen molar-refractivity contribution in [2.75, 3.05) is 0 Å². The Balaban J connectivity index is 2.43. The van der Waals surface area contributed by atoms with Crippen LogP contribution in [0.2, 0.25) is 0 Å². The zero-order valence-corrected chi connectivity index (χ0v) is 13.3. The number of aryl methyl sites for hydroxylation is 1.